The van der Waals surface area contributed by atoms with Gasteiger partial charge in [-0.05, 0) is 37.1 Å². The van der Waals surface area contributed by atoms with Gasteiger partial charge in [0.1, 0.15) is 0 Å². The van der Waals surface area contributed by atoms with E-state index in [0.29, 0.717) is 12.1 Å². The topological polar surface area (TPSA) is 66.5 Å². The van der Waals surface area contributed by atoms with Gasteiger partial charge in [-0.3, -0.25) is 4.79 Å². The second-order valence-electron chi connectivity index (χ2n) is 4.58. The van der Waals surface area contributed by atoms with Crippen molar-refractivity contribution in [3.05, 3.63) is 28.2 Å². The number of carbonyl (C=O) groups is 1. The fourth-order valence-electron chi connectivity index (χ4n) is 1.67. The van der Waals surface area contributed by atoms with Crippen molar-refractivity contribution >= 4 is 37.5 Å². The third-order valence-electron chi connectivity index (χ3n) is 2.77. The lowest BCUT2D eigenvalue weighted by Gasteiger charge is -2.16. The summed E-state index contributed by atoms with van der Waals surface area (Å²) in [7, 11) is -1.93. The average Bonchev–Trinajstić information content (AvgIpc) is 2.32. The molecule has 1 N–H and O–H groups in total. The molecule has 0 atom stereocenters. The van der Waals surface area contributed by atoms with Gasteiger partial charge in [0.2, 0.25) is 15.9 Å². The maximum absolute atomic E-state index is 11.9. The first-order valence-corrected chi connectivity index (χ1v) is 8.66. The van der Waals surface area contributed by atoms with E-state index in [2.05, 4.69) is 21.2 Å². The number of nitrogens with zero attached hydrogens (tertiary/aromatic N) is 1. The lowest BCUT2D eigenvalue weighted by Crippen LogP contribution is -2.36. The molecule has 0 saturated carbocycles. The molecule has 0 fully saturated rings. The molecule has 20 heavy (non-hydrogen) atoms. The average molecular weight is 363 g/mol. The van der Waals surface area contributed by atoms with Crippen LogP contribution in [0.1, 0.15) is 18.9 Å². The number of halogens is 1. The number of rotatable bonds is 6. The molecule has 1 amide bonds. The van der Waals surface area contributed by atoms with Crippen molar-refractivity contribution in [2.75, 3.05) is 24.7 Å². The Hall–Kier alpha value is -0.920. The van der Waals surface area contributed by atoms with Gasteiger partial charge in [-0.2, -0.15) is 4.31 Å². The molecule has 0 radical (unpaired) electrons. The third kappa shape index (κ3) is 4.88. The summed E-state index contributed by atoms with van der Waals surface area (Å²) in [5, 5.41) is 2.72. The normalized spacial score (nSPS) is 11.7. The van der Waals surface area contributed by atoms with E-state index in [1.165, 1.54) is 7.05 Å². The molecule has 0 bridgehead atoms. The monoisotopic (exact) mass is 362 g/mol. The first kappa shape index (κ1) is 17.1. The number of benzene rings is 1. The van der Waals surface area contributed by atoms with Gasteiger partial charge in [-0.15, -0.1) is 0 Å². The molecule has 0 spiro atoms. The Morgan fingerprint density at radius 1 is 1.40 bits per heavy atom. The molecule has 0 aliphatic heterocycles. The highest BCUT2D eigenvalue weighted by molar-refractivity contribution is 9.10. The SMILES string of the molecule is CCCS(=O)(=O)N(C)CC(=O)Nc1ccc(Br)cc1C. The molecule has 0 aliphatic carbocycles. The lowest BCUT2D eigenvalue weighted by atomic mass is 10.2. The number of hydrogen-bond acceptors (Lipinski definition) is 3. The van der Waals surface area contributed by atoms with Gasteiger partial charge in [-0.25, -0.2) is 8.42 Å². The smallest absolute Gasteiger partial charge is 0.239 e. The molecule has 7 heteroatoms. The summed E-state index contributed by atoms with van der Waals surface area (Å²) in [5.74, 6) is -0.300. The summed E-state index contributed by atoms with van der Waals surface area (Å²) in [6, 6.07) is 5.48. The molecule has 1 aromatic carbocycles. The molecule has 1 aromatic rings. The summed E-state index contributed by atoms with van der Waals surface area (Å²) in [5.41, 5.74) is 1.59. The van der Waals surface area contributed by atoms with Crippen molar-refractivity contribution in [2.45, 2.75) is 20.3 Å². The van der Waals surface area contributed by atoms with Crippen LogP contribution in [-0.2, 0) is 14.8 Å². The van der Waals surface area contributed by atoms with Crippen LogP contribution in [0.4, 0.5) is 5.69 Å². The van der Waals surface area contributed by atoms with Crippen LogP contribution in [0, 0.1) is 6.92 Å². The molecule has 0 saturated heterocycles. The van der Waals surface area contributed by atoms with Gasteiger partial charge in [0.05, 0.1) is 12.3 Å². The summed E-state index contributed by atoms with van der Waals surface area (Å²) in [6.45, 7) is 3.48. The molecule has 5 nitrogen and oxygen atoms in total. The minimum atomic E-state index is -3.35. The summed E-state index contributed by atoms with van der Waals surface area (Å²) in [6.07, 6.45) is 0.528. The fourth-order valence-corrected chi connectivity index (χ4v) is 3.29. The number of anilines is 1. The van der Waals surface area contributed by atoms with E-state index < -0.39 is 10.0 Å². The predicted molar refractivity (Wildman–Crippen MR) is 84.2 cm³/mol. The van der Waals surface area contributed by atoms with E-state index in [-0.39, 0.29) is 18.2 Å². The molecular formula is C13H19BrN2O3S. The Labute approximate surface area is 128 Å². The maximum Gasteiger partial charge on any atom is 0.239 e. The second-order valence-corrected chi connectivity index (χ2v) is 7.69. The largest absolute Gasteiger partial charge is 0.325 e. The molecular weight excluding hydrogens is 344 g/mol. The van der Waals surface area contributed by atoms with E-state index in [0.717, 1.165) is 14.3 Å². The highest BCUT2D eigenvalue weighted by atomic mass is 79.9. The minimum absolute atomic E-state index is 0.0497. The number of sulfonamides is 1. The van der Waals surface area contributed by atoms with Crippen molar-refractivity contribution in [2.24, 2.45) is 0 Å². The van der Waals surface area contributed by atoms with Gasteiger partial charge in [0.25, 0.3) is 0 Å². The van der Waals surface area contributed by atoms with Crippen LogP contribution >= 0.6 is 15.9 Å². The Bertz CT molecular complexity index is 587. The van der Waals surface area contributed by atoms with Gasteiger partial charge in [0, 0.05) is 17.2 Å². The van der Waals surface area contributed by atoms with E-state index >= 15 is 0 Å². The number of likely N-dealkylation sites (N-methyl/N-ethyl adjacent to an activating group) is 1. The van der Waals surface area contributed by atoms with Crippen molar-refractivity contribution in [1.82, 2.24) is 4.31 Å². The Balaban J connectivity index is 2.68. The van der Waals surface area contributed by atoms with Gasteiger partial charge in [0.15, 0.2) is 0 Å². The lowest BCUT2D eigenvalue weighted by molar-refractivity contribution is -0.116. The summed E-state index contributed by atoms with van der Waals surface area (Å²) < 4.78 is 25.5. The highest BCUT2D eigenvalue weighted by Crippen LogP contribution is 2.20. The Kier molecular flexibility index (Phi) is 6.16. The van der Waals surface area contributed by atoms with Crippen LogP contribution < -0.4 is 5.32 Å². The number of nitrogens with one attached hydrogen (secondary N) is 1. The van der Waals surface area contributed by atoms with Crippen LogP contribution in [-0.4, -0.2) is 38.0 Å². The zero-order valence-corrected chi connectivity index (χ0v) is 14.2. The van der Waals surface area contributed by atoms with Gasteiger partial charge < -0.3 is 5.32 Å². The van der Waals surface area contributed by atoms with E-state index in [4.69, 9.17) is 0 Å². The van der Waals surface area contributed by atoms with Crippen LogP contribution in [0.5, 0.6) is 0 Å². The molecule has 112 valence electrons. The summed E-state index contributed by atoms with van der Waals surface area (Å²) in [4.78, 5) is 11.9. The van der Waals surface area contributed by atoms with Crippen molar-refractivity contribution < 1.29 is 13.2 Å². The third-order valence-corrected chi connectivity index (χ3v) is 5.26. The molecule has 0 aliphatic rings. The molecule has 0 aromatic heterocycles. The van der Waals surface area contributed by atoms with Crippen molar-refractivity contribution in [3.8, 4) is 0 Å². The number of aryl methyl sites for hydroxylation is 1. The number of carbonyl (C=O) groups excluding carboxylic acids is 1. The van der Waals surface area contributed by atoms with Crippen LogP contribution in [0.15, 0.2) is 22.7 Å². The zero-order valence-electron chi connectivity index (χ0n) is 11.8. The van der Waals surface area contributed by atoms with Gasteiger partial charge >= 0.3 is 0 Å². The van der Waals surface area contributed by atoms with E-state index in [9.17, 15) is 13.2 Å². The standard InChI is InChI=1S/C13H19BrN2O3S/c1-4-7-20(18,19)16(3)9-13(17)15-12-6-5-11(14)8-10(12)2/h5-6,8H,4,7,9H2,1-3H3,(H,15,17). The Morgan fingerprint density at radius 3 is 2.60 bits per heavy atom. The highest BCUT2D eigenvalue weighted by Gasteiger charge is 2.19. The van der Waals surface area contributed by atoms with Crippen molar-refractivity contribution in [3.63, 3.8) is 0 Å². The first-order valence-electron chi connectivity index (χ1n) is 6.26. The van der Waals surface area contributed by atoms with Crippen LogP contribution in [0.25, 0.3) is 0 Å². The Morgan fingerprint density at radius 2 is 2.05 bits per heavy atom. The van der Waals surface area contributed by atoms with E-state index in [1.54, 1.807) is 13.0 Å². The second kappa shape index (κ2) is 7.19. The predicted octanol–water partition coefficient (Wildman–Crippen LogP) is 2.37. The number of amides is 1. The van der Waals surface area contributed by atoms with Crippen LogP contribution in [0.2, 0.25) is 0 Å². The van der Waals surface area contributed by atoms with E-state index in [1.807, 2.05) is 19.1 Å². The van der Waals surface area contributed by atoms with Crippen molar-refractivity contribution in [1.29, 1.82) is 0 Å². The molecule has 0 unspecified atom stereocenters. The summed E-state index contributed by atoms with van der Waals surface area (Å²) >= 11 is 3.35. The molecule has 0 heterocycles. The van der Waals surface area contributed by atoms with Gasteiger partial charge in [-0.1, -0.05) is 22.9 Å². The quantitative estimate of drug-likeness (QED) is 0.844. The van der Waals surface area contributed by atoms with Crippen LogP contribution in [0.3, 0.4) is 0 Å². The fraction of sp³-hybridized carbons (Fsp3) is 0.462. The first-order chi connectivity index (χ1) is 9.26. The number of hydrogen-bond donors (Lipinski definition) is 1. The zero-order chi connectivity index (χ0) is 15.3. The minimum Gasteiger partial charge on any atom is -0.325 e. The maximum atomic E-state index is 11.9. The molecule has 1 rings (SSSR count).